The number of hydrogen-bond donors (Lipinski definition) is 0. The quantitative estimate of drug-likeness (QED) is 0.123. The number of hydrogen-bond acceptors (Lipinski definition) is 0. The van der Waals surface area contributed by atoms with Crippen LogP contribution in [0.3, 0.4) is 0 Å². The van der Waals surface area contributed by atoms with E-state index in [0.29, 0.717) is 0 Å². The molecule has 0 aliphatic rings. The molecule has 0 aliphatic heterocycles. The second-order valence-electron chi connectivity index (χ2n) is 17.1. The van der Waals surface area contributed by atoms with Gasteiger partial charge in [-0.05, 0) is 166 Å². The molecule has 0 heteroatoms. The second kappa shape index (κ2) is 12.7. The summed E-state index contributed by atoms with van der Waals surface area (Å²) in [5.74, 6) is 0. The summed E-state index contributed by atoms with van der Waals surface area (Å²) in [6.07, 6.45) is 0. The van der Waals surface area contributed by atoms with Crippen LogP contribution in [-0.2, 0) is 0 Å². The maximum atomic E-state index is 2.54. The van der Waals surface area contributed by atoms with Crippen LogP contribution in [0.25, 0.3) is 141 Å². The van der Waals surface area contributed by atoms with Gasteiger partial charge < -0.3 is 0 Å². The lowest BCUT2D eigenvalue weighted by Crippen LogP contribution is -1.98. The zero-order valence-electron chi connectivity index (χ0n) is 33.8. The average Bonchev–Trinajstić information content (AvgIpc) is 3.34. The normalized spacial score (nSPS) is 12.2. The summed E-state index contributed by atoms with van der Waals surface area (Å²) >= 11 is 0. The Morgan fingerprint density at radius 1 is 0.177 bits per heavy atom. The molecule has 14 rings (SSSR count). The molecule has 0 nitrogen and oxygen atoms in total. The van der Waals surface area contributed by atoms with E-state index in [4.69, 9.17) is 0 Å². The summed E-state index contributed by atoms with van der Waals surface area (Å²) in [6, 6.07) is 82.2. The maximum absolute atomic E-state index is 2.54. The summed E-state index contributed by atoms with van der Waals surface area (Å²) in [4.78, 5) is 0. The van der Waals surface area contributed by atoms with Gasteiger partial charge in [0.2, 0.25) is 0 Å². The smallest absolute Gasteiger partial charge is 0.000696 e. The largest absolute Gasteiger partial charge is 0.0616 e. The molecule has 0 amide bonds. The summed E-state index contributed by atoms with van der Waals surface area (Å²) < 4.78 is 0. The molecule has 0 spiro atoms. The lowest BCUT2D eigenvalue weighted by molar-refractivity contribution is 1.68. The van der Waals surface area contributed by atoms with Crippen molar-refractivity contribution in [2.24, 2.45) is 0 Å². The first-order valence-electron chi connectivity index (χ1n) is 21.7. The Kier molecular flexibility index (Phi) is 6.92. The topological polar surface area (TPSA) is 0 Å². The summed E-state index contributed by atoms with van der Waals surface area (Å²) in [7, 11) is 0. The minimum Gasteiger partial charge on any atom is -0.0616 e. The lowest BCUT2D eigenvalue weighted by atomic mass is 9.76. The van der Waals surface area contributed by atoms with Crippen molar-refractivity contribution in [3.63, 3.8) is 0 Å². The van der Waals surface area contributed by atoms with Gasteiger partial charge in [-0.2, -0.15) is 0 Å². The maximum Gasteiger partial charge on any atom is -0.000696 e. The molecule has 62 heavy (non-hydrogen) atoms. The molecular formula is C62H36. The molecule has 0 atom stereocenters. The highest BCUT2D eigenvalue weighted by Crippen LogP contribution is 2.55. The third-order valence-electron chi connectivity index (χ3n) is 13.9. The van der Waals surface area contributed by atoms with E-state index in [1.54, 1.807) is 0 Å². The lowest BCUT2D eigenvalue weighted by Gasteiger charge is -2.26. The van der Waals surface area contributed by atoms with Crippen molar-refractivity contribution in [3.8, 4) is 44.5 Å². The Balaban J connectivity index is 1.26. The van der Waals surface area contributed by atoms with Crippen LogP contribution >= 0.6 is 0 Å². The molecule has 0 saturated carbocycles. The van der Waals surface area contributed by atoms with E-state index in [1.807, 2.05) is 0 Å². The minimum atomic E-state index is 1.24. The monoisotopic (exact) mass is 780 g/mol. The van der Waals surface area contributed by atoms with Gasteiger partial charge in [-0.3, -0.25) is 0 Å². The van der Waals surface area contributed by atoms with E-state index >= 15 is 0 Å². The molecule has 0 heterocycles. The highest BCUT2D eigenvalue weighted by atomic mass is 14.3. The van der Waals surface area contributed by atoms with Crippen LogP contribution in [0.15, 0.2) is 218 Å². The Labute approximate surface area is 358 Å². The molecule has 0 unspecified atom stereocenters. The van der Waals surface area contributed by atoms with E-state index in [9.17, 15) is 0 Å². The van der Waals surface area contributed by atoms with Crippen LogP contribution in [0.2, 0.25) is 0 Å². The van der Waals surface area contributed by atoms with Crippen LogP contribution in [0.4, 0.5) is 0 Å². The summed E-state index contributed by atoms with van der Waals surface area (Å²) in [5, 5.41) is 23.1. The van der Waals surface area contributed by atoms with Gasteiger partial charge in [0.05, 0.1) is 0 Å². The standard InChI is InChI=1S/C62H36/c1-3-17-41-33-43(31-29-37(41)13-1)57-51-27-11-25-49-54(48-24-10-20-40-16-6-8-22-46(40)48)36-56-58(44-32-30-38-14-2-4-18-42(38)34-44)52-28-12-26-50-53(35-55(57)61(60(50)52)62(56)59(49)51)47-23-9-19-39-15-5-7-21-45(39)47/h1-36H. The Hall–Kier alpha value is -8.06. The van der Waals surface area contributed by atoms with E-state index < -0.39 is 0 Å². The van der Waals surface area contributed by atoms with Crippen LogP contribution in [0.1, 0.15) is 0 Å². The van der Waals surface area contributed by atoms with Crippen molar-refractivity contribution in [3.05, 3.63) is 218 Å². The first kappa shape index (κ1) is 33.7. The van der Waals surface area contributed by atoms with Gasteiger partial charge >= 0.3 is 0 Å². The molecule has 284 valence electrons. The van der Waals surface area contributed by atoms with Gasteiger partial charge in [-0.25, -0.2) is 0 Å². The van der Waals surface area contributed by atoms with E-state index in [0.717, 1.165) is 0 Å². The van der Waals surface area contributed by atoms with E-state index in [2.05, 4.69) is 218 Å². The van der Waals surface area contributed by atoms with Gasteiger partial charge in [0.15, 0.2) is 0 Å². The Morgan fingerprint density at radius 3 is 1.00 bits per heavy atom. The molecule has 0 bridgehead atoms. The van der Waals surface area contributed by atoms with Gasteiger partial charge in [-0.1, -0.05) is 194 Å². The third-order valence-corrected chi connectivity index (χ3v) is 13.9. The Bertz CT molecular complexity index is 3870. The van der Waals surface area contributed by atoms with Crippen molar-refractivity contribution < 1.29 is 0 Å². The predicted octanol–water partition coefficient (Wildman–Crippen LogP) is 17.6. The first-order chi connectivity index (χ1) is 30.8. The summed E-state index contributed by atoms with van der Waals surface area (Å²) in [5.41, 5.74) is 10.1. The molecule has 0 N–H and O–H groups in total. The van der Waals surface area contributed by atoms with Gasteiger partial charge in [-0.15, -0.1) is 0 Å². The van der Waals surface area contributed by atoms with Crippen LogP contribution in [0, 0.1) is 0 Å². The molecule has 0 radical (unpaired) electrons. The molecule has 14 aromatic carbocycles. The highest BCUT2D eigenvalue weighted by molar-refractivity contribution is 6.45. The molecule has 0 fully saturated rings. The fraction of sp³-hybridized carbons (Fsp3) is 0. The van der Waals surface area contributed by atoms with Crippen LogP contribution in [0.5, 0.6) is 0 Å². The number of fused-ring (bicyclic) bond motifs is 4. The SMILES string of the molecule is c1ccc2cc(-c3c4cccc5c(-c6cccc7ccccc67)cc6c(-c7ccc8ccccc8c7)c7cccc8c(-c9cccc%10ccccc9%10)cc3c(c87)c6c54)ccc2c1. The third kappa shape index (κ3) is 4.67. The predicted molar refractivity (Wildman–Crippen MR) is 268 cm³/mol. The fourth-order valence-electron chi connectivity index (χ4n) is 11.2. The highest BCUT2D eigenvalue weighted by Gasteiger charge is 2.27. The fourth-order valence-corrected chi connectivity index (χ4v) is 11.2. The summed E-state index contributed by atoms with van der Waals surface area (Å²) in [6.45, 7) is 0. The van der Waals surface area contributed by atoms with Crippen molar-refractivity contribution in [2.75, 3.05) is 0 Å². The zero-order chi connectivity index (χ0) is 40.5. The first-order valence-corrected chi connectivity index (χ1v) is 21.7. The van der Waals surface area contributed by atoms with Crippen molar-refractivity contribution in [2.45, 2.75) is 0 Å². The van der Waals surface area contributed by atoms with Crippen molar-refractivity contribution in [1.82, 2.24) is 0 Å². The molecule has 0 aliphatic carbocycles. The van der Waals surface area contributed by atoms with Crippen molar-refractivity contribution >= 4 is 97.0 Å². The van der Waals surface area contributed by atoms with Gasteiger partial charge in [0.1, 0.15) is 0 Å². The van der Waals surface area contributed by atoms with E-state index in [1.165, 1.54) is 141 Å². The van der Waals surface area contributed by atoms with Crippen molar-refractivity contribution in [1.29, 1.82) is 0 Å². The number of rotatable bonds is 4. The van der Waals surface area contributed by atoms with Gasteiger partial charge in [0, 0.05) is 0 Å². The van der Waals surface area contributed by atoms with Crippen LogP contribution in [-0.4, -0.2) is 0 Å². The zero-order valence-corrected chi connectivity index (χ0v) is 33.8. The van der Waals surface area contributed by atoms with E-state index in [-0.39, 0.29) is 0 Å². The minimum absolute atomic E-state index is 1.24. The number of benzene rings is 14. The second-order valence-corrected chi connectivity index (χ2v) is 17.1. The average molecular weight is 781 g/mol. The Morgan fingerprint density at radius 2 is 0.532 bits per heavy atom. The van der Waals surface area contributed by atoms with Crippen LogP contribution < -0.4 is 0 Å². The molecular weight excluding hydrogens is 745 g/mol. The molecule has 0 aromatic heterocycles. The molecule has 14 aromatic rings. The molecule has 0 saturated heterocycles. The van der Waals surface area contributed by atoms with Gasteiger partial charge in [0.25, 0.3) is 0 Å².